The first-order chi connectivity index (χ1) is 11.2. The Labute approximate surface area is 134 Å². The molecule has 3 rings (SSSR count). The van der Waals surface area contributed by atoms with Gasteiger partial charge in [0.1, 0.15) is 5.69 Å². The molecular weight excluding hydrogens is 300 g/mol. The van der Waals surface area contributed by atoms with Gasteiger partial charge < -0.3 is 19.1 Å². The van der Waals surface area contributed by atoms with E-state index in [0.29, 0.717) is 17.1 Å². The summed E-state index contributed by atoms with van der Waals surface area (Å²) in [6.07, 6.45) is 2.90. The van der Waals surface area contributed by atoms with Crippen LogP contribution in [0.1, 0.15) is 37.7 Å². The highest BCUT2D eigenvalue weighted by Crippen LogP contribution is 2.40. The zero-order valence-corrected chi connectivity index (χ0v) is 13.1. The Hall–Kier alpha value is -2.31. The van der Waals surface area contributed by atoms with Crippen molar-refractivity contribution in [3.8, 4) is 11.5 Å². The highest BCUT2D eigenvalue weighted by atomic mass is 16.7. The van der Waals surface area contributed by atoms with E-state index in [9.17, 15) is 9.70 Å². The molecule has 1 unspecified atom stereocenters. The van der Waals surface area contributed by atoms with Crippen molar-refractivity contribution in [2.45, 2.75) is 32.1 Å². The Kier molecular flexibility index (Phi) is 4.64. The van der Waals surface area contributed by atoms with E-state index in [0.717, 1.165) is 32.4 Å². The van der Waals surface area contributed by atoms with E-state index in [1.165, 1.54) is 0 Å². The van der Waals surface area contributed by atoms with Crippen molar-refractivity contribution in [2.24, 2.45) is 5.18 Å². The molecule has 7 heteroatoms. The van der Waals surface area contributed by atoms with E-state index in [1.54, 1.807) is 17.0 Å². The van der Waals surface area contributed by atoms with E-state index in [-0.39, 0.29) is 31.1 Å². The van der Waals surface area contributed by atoms with Gasteiger partial charge in [-0.2, -0.15) is 0 Å². The summed E-state index contributed by atoms with van der Waals surface area (Å²) in [5.74, 6) is 0.938. The van der Waals surface area contributed by atoms with Crippen molar-refractivity contribution in [1.29, 1.82) is 0 Å². The summed E-state index contributed by atoms with van der Waals surface area (Å²) in [6, 6.07) is 3.30. The maximum Gasteiger partial charge on any atom is 0.409 e. The van der Waals surface area contributed by atoms with Crippen LogP contribution in [0.5, 0.6) is 11.5 Å². The topological polar surface area (TPSA) is 77.4 Å². The van der Waals surface area contributed by atoms with Gasteiger partial charge in [-0.15, -0.1) is 4.91 Å². The number of hydrogen-bond donors (Lipinski definition) is 0. The van der Waals surface area contributed by atoms with Crippen LogP contribution in [0.3, 0.4) is 0 Å². The lowest BCUT2D eigenvalue weighted by Gasteiger charge is -2.26. The Morgan fingerprint density at radius 2 is 1.96 bits per heavy atom. The molecule has 2 aliphatic rings. The normalized spacial score (nSPS) is 17.7. The van der Waals surface area contributed by atoms with E-state index in [2.05, 4.69) is 5.18 Å². The first kappa shape index (κ1) is 15.6. The SMILES string of the molecule is CC(COC(=O)N1CCCCC1)c1cc2c(cc1N=O)OCO2. The second-order valence-electron chi connectivity index (χ2n) is 5.88. The minimum atomic E-state index is -0.294. The second-order valence-corrected chi connectivity index (χ2v) is 5.88. The number of hydrogen-bond acceptors (Lipinski definition) is 6. The van der Waals surface area contributed by atoms with Gasteiger partial charge in [-0.1, -0.05) is 6.92 Å². The molecule has 1 aromatic carbocycles. The molecule has 0 bridgehead atoms. The number of carbonyl (C=O) groups is 1. The van der Waals surface area contributed by atoms with Crippen LogP contribution < -0.4 is 9.47 Å². The van der Waals surface area contributed by atoms with Crippen LogP contribution in [0.25, 0.3) is 0 Å². The molecule has 1 amide bonds. The lowest BCUT2D eigenvalue weighted by atomic mass is 9.99. The number of fused-ring (bicyclic) bond motifs is 1. The fourth-order valence-electron chi connectivity index (χ4n) is 2.87. The van der Waals surface area contributed by atoms with Crippen LogP contribution >= 0.6 is 0 Å². The third kappa shape index (κ3) is 3.38. The summed E-state index contributed by atoms with van der Waals surface area (Å²) >= 11 is 0. The maximum atomic E-state index is 12.0. The monoisotopic (exact) mass is 320 g/mol. The van der Waals surface area contributed by atoms with Crippen LogP contribution in [0, 0.1) is 4.91 Å². The van der Waals surface area contributed by atoms with Crippen molar-refractivity contribution in [3.05, 3.63) is 22.6 Å². The molecule has 7 nitrogen and oxygen atoms in total. The van der Waals surface area contributed by atoms with Gasteiger partial charge in [0, 0.05) is 25.1 Å². The molecule has 1 fully saturated rings. The number of nitrogens with zero attached hydrogens (tertiary/aromatic N) is 2. The Morgan fingerprint density at radius 1 is 1.26 bits per heavy atom. The van der Waals surface area contributed by atoms with Crippen LogP contribution in [0.4, 0.5) is 10.5 Å². The van der Waals surface area contributed by atoms with Crippen molar-refractivity contribution in [3.63, 3.8) is 0 Å². The molecule has 0 radical (unpaired) electrons. The van der Waals surface area contributed by atoms with Crippen molar-refractivity contribution >= 4 is 11.8 Å². The minimum Gasteiger partial charge on any atom is -0.454 e. The van der Waals surface area contributed by atoms with Gasteiger partial charge in [0.15, 0.2) is 11.5 Å². The summed E-state index contributed by atoms with van der Waals surface area (Å²) in [4.78, 5) is 24.8. The molecule has 124 valence electrons. The van der Waals surface area contributed by atoms with Gasteiger partial charge in [-0.3, -0.25) is 0 Å². The highest BCUT2D eigenvalue weighted by Gasteiger charge is 2.23. The molecule has 0 N–H and O–H groups in total. The zero-order valence-electron chi connectivity index (χ0n) is 13.1. The summed E-state index contributed by atoms with van der Waals surface area (Å²) in [5.41, 5.74) is 0.978. The standard InChI is InChI=1S/C16H20N2O5/c1-11(9-21-16(19)18-5-3-2-4-6-18)12-7-14-15(23-10-22-14)8-13(12)17-20/h7-8,11H,2-6,9-10H2,1H3. The largest absolute Gasteiger partial charge is 0.454 e. The summed E-state index contributed by atoms with van der Waals surface area (Å²) < 4.78 is 16.0. The number of ether oxygens (including phenoxy) is 3. The predicted octanol–water partition coefficient (Wildman–Crippen LogP) is 3.54. The van der Waals surface area contributed by atoms with Crippen LogP contribution in [-0.4, -0.2) is 37.5 Å². The van der Waals surface area contributed by atoms with Gasteiger partial charge in [0.25, 0.3) is 0 Å². The molecule has 2 heterocycles. The van der Waals surface area contributed by atoms with Gasteiger partial charge in [-0.05, 0) is 36.1 Å². The number of amides is 1. The molecule has 0 aromatic heterocycles. The number of rotatable bonds is 4. The third-order valence-corrected chi connectivity index (χ3v) is 4.22. The van der Waals surface area contributed by atoms with E-state index < -0.39 is 0 Å². The molecule has 0 aliphatic carbocycles. The summed E-state index contributed by atoms with van der Waals surface area (Å²) in [7, 11) is 0. The number of carbonyl (C=O) groups excluding carboxylic acids is 1. The second kappa shape index (κ2) is 6.85. The molecule has 0 saturated carbocycles. The predicted molar refractivity (Wildman–Crippen MR) is 83.2 cm³/mol. The molecule has 23 heavy (non-hydrogen) atoms. The van der Waals surface area contributed by atoms with Gasteiger partial charge >= 0.3 is 6.09 Å². The third-order valence-electron chi connectivity index (χ3n) is 4.22. The molecular formula is C16H20N2O5. The van der Waals surface area contributed by atoms with Crippen molar-refractivity contribution in [1.82, 2.24) is 4.90 Å². The number of likely N-dealkylation sites (tertiary alicyclic amines) is 1. The zero-order chi connectivity index (χ0) is 16.2. The lowest BCUT2D eigenvalue weighted by Crippen LogP contribution is -2.36. The van der Waals surface area contributed by atoms with Crippen molar-refractivity contribution in [2.75, 3.05) is 26.5 Å². The Balaban J connectivity index is 1.64. The number of piperidine rings is 1. The van der Waals surface area contributed by atoms with Crippen molar-refractivity contribution < 1.29 is 19.0 Å². The van der Waals surface area contributed by atoms with Gasteiger partial charge in [-0.25, -0.2) is 4.79 Å². The highest BCUT2D eigenvalue weighted by molar-refractivity contribution is 5.68. The summed E-state index contributed by atoms with van der Waals surface area (Å²) in [6.45, 7) is 3.71. The maximum absolute atomic E-state index is 12.0. The molecule has 0 spiro atoms. The Bertz CT molecular complexity index is 598. The van der Waals surface area contributed by atoms with Gasteiger partial charge in [0.05, 0.1) is 6.61 Å². The van der Waals surface area contributed by atoms with E-state index in [1.807, 2.05) is 6.92 Å². The number of benzene rings is 1. The fourth-order valence-corrected chi connectivity index (χ4v) is 2.87. The number of nitroso groups, excluding NO2 is 1. The fraction of sp³-hybridized carbons (Fsp3) is 0.562. The van der Waals surface area contributed by atoms with Crippen LogP contribution in [0.15, 0.2) is 17.3 Å². The molecule has 1 aromatic rings. The average Bonchev–Trinajstić information content (AvgIpc) is 3.06. The Morgan fingerprint density at radius 3 is 2.65 bits per heavy atom. The smallest absolute Gasteiger partial charge is 0.409 e. The van der Waals surface area contributed by atoms with Crippen LogP contribution in [0.2, 0.25) is 0 Å². The summed E-state index contributed by atoms with van der Waals surface area (Å²) in [5, 5.41) is 3.05. The molecule has 1 atom stereocenters. The first-order valence-corrected chi connectivity index (χ1v) is 7.87. The van der Waals surface area contributed by atoms with E-state index in [4.69, 9.17) is 14.2 Å². The average molecular weight is 320 g/mol. The molecule has 1 saturated heterocycles. The first-order valence-electron chi connectivity index (χ1n) is 7.87. The minimum absolute atomic E-state index is 0.134. The lowest BCUT2D eigenvalue weighted by molar-refractivity contribution is 0.0911. The van der Waals surface area contributed by atoms with Gasteiger partial charge in [0.2, 0.25) is 6.79 Å². The quantitative estimate of drug-likeness (QED) is 0.793. The van der Waals surface area contributed by atoms with Crippen LogP contribution in [-0.2, 0) is 4.74 Å². The van der Waals surface area contributed by atoms with E-state index >= 15 is 0 Å². The molecule has 2 aliphatic heterocycles.